The molecule has 9 heteroatoms. The van der Waals surface area contributed by atoms with Gasteiger partial charge in [0.2, 0.25) is 10.0 Å². The van der Waals surface area contributed by atoms with Gasteiger partial charge in [-0.2, -0.15) is 0 Å². The summed E-state index contributed by atoms with van der Waals surface area (Å²) in [4.78, 5) is 8.24. The molecule has 0 bridgehead atoms. The first-order chi connectivity index (χ1) is 9.38. The fourth-order valence-corrected chi connectivity index (χ4v) is 2.14. The fourth-order valence-electron chi connectivity index (χ4n) is 1.47. The van der Waals surface area contributed by atoms with Crippen molar-refractivity contribution in [3.8, 4) is 0 Å². The first-order valence-corrected chi connectivity index (χ1v) is 7.34. The van der Waals surface area contributed by atoms with Crippen LogP contribution in [0.15, 0.2) is 41.6 Å². The Morgan fingerprint density at radius 3 is 2.30 bits per heavy atom. The lowest BCUT2D eigenvalue weighted by Crippen LogP contribution is -2.15. The fraction of sp³-hybridized carbons (Fsp3) is 0. The molecule has 0 spiro atoms. The number of anilines is 2. The van der Waals surface area contributed by atoms with Gasteiger partial charge in [0.15, 0.2) is 5.82 Å². The minimum Gasteiger partial charge on any atom is -0.388 e. The highest BCUT2D eigenvalue weighted by Gasteiger charge is 2.10. The highest BCUT2D eigenvalue weighted by atomic mass is 32.2. The number of nitrogens with zero attached hydrogens (tertiary/aromatic N) is 2. The number of primary sulfonamides is 1. The Hall–Kier alpha value is -2.10. The standard InChI is InChI=1S/C11H11N5O2S2/c12-10(19)9-11(15-6-5-14-9)16-7-1-3-8(4-2-7)20(13,17)18/h1-6H,(H2,12,19)(H,15,16)(H2,13,17,18). The van der Waals surface area contributed by atoms with Gasteiger partial charge < -0.3 is 11.1 Å². The first-order valence-electron chi connectivity index (χ1n) is 5.38. The Morgan fingerprint density at radius 1 is 1.15 bits per heavy atom. The number of nitrogens with two attached hydrogens (primary N) is 2. The van der Waals surface area contributed by atoms with Crippen LogP contribution in [0.25, 0.3) is 0 Å². The quantitative estimate of drug-likeness (QED) is 0.702. The smallest absolute Gasteiger partial charge is 0.238 e. The predicted octanol–water partition coefficient (Wildman–Crippen LogP) is 0.502. The predicted molar refractivity (Wildman–Crippen MR) is 79.0 cm³/mol. The number of nitrogens with one attached hydrogen (secondary N) is 1. The Morgan fingerprint density at radius 2 is 1.75 bits per heavy atom. The largest absolute Gasteiger partial charge is 0.388 e. The molecule has 0 amide bonds. The van der Waals surface area contributed by atoms with Crippen molar-refractivity contribution in [2.24, 2.45) is 10.9 Å². The molecular weight excluding hydrogens is 298 g/mol. The van der Waals surface area contributed by atoms with Crippen molar-refractivity contribution in [3.05, 3.63) is 42.4 Å². The lowest BCUT2D eigenvalue weighted by Gasteiger charge is -2.09. The van der Waals surface area contributed by atoms with Gasteiger partial charge in [0.05, 0.1) is 4.90 Å². The molecule has 0 saturated carbocycles. The molecule has 0 fully saturated rings. The van der Waals surface area contributed by atoms with Gasteiger partial charge in [-0.05, 0) is 24.3 Å². The molecule has 1 heterocycles. The third kappa shape index (κ3) is 3.26. The maximum Gasteiger partial charge on any atom is 0.238 e. The molecule has 5 N–H and O–H groups in total. The summed E-state index contributed by atoms with van der Waals surface area (Å²) < 4.78 is 22.3. The van der Waals surface area contributed by atoms with E-state index in [1.807, 2.05) is 0 Å². The van der Waals surface area contributed by atoms with E-state index in [2.05, 4.69) is 15.3 Å². The zero-order valence-electron chi connectivity index (χ0n) is 10.1. The average molecular weight is 309 g/mol. The highest BCUT2D eigenvalue weighted by molar-refractivity contribution is 7.89. The molecule has 20 heavy (non-hydrogen) atoms. The number of benzene rings is 1. The Balaban J connectivity index is 2.30. The normalized spacial score (nSPS) is 11.1. The van der Waals surface area contributed by atoms with Crippen LogP contribution in [0.4, 0.5) is 11.5 Å². The molecule has 7 nitrogen and oxygen atoms in total. The van der Waals surface area contributed by atoms with E-state index in [1.54, 1.807) is 12.1 Å². The van der Waals surface area contributed by atoms with E-state index in [1.165, 1.54) is 24.5 Å². The molecular formula is C11H11N5O2S2. The van der Waals surface area contributed by atoms with Crippen molar-refractivity contribution in [2.45, 2.75) is 4.90 Å². The monoisotopic (exact) mass is 309 g/mol. The summed E-state index contributed by atoms with van der Waals surface area (Å²) >= 11 is 4.87. The van der Waals surface area contributed by atoms with Gasteiger partial charge in [0.25, 0.3) is 0 Å². The molecule has 1 aromatic carbocycles. The number of sulfonamides is 1. The van der Waals surface area contributed by atoms with Gasteiger partial charge in [-0.3, -0.25) is 0 Å². The maximum atomic E-state index is 11.1. The van der Waals surface area contributed by atoms with Gasteiger partial charge in [-0.1, -0.05) is 12.2 Å². The SMILES string of the molecule is NC(=S)c1nccnc1Nc1ccc(S(N)(=O)=O)cc1. The molecule has 0 radical (unpaired) electrons. The lowest BCUT2D eigenvalue weighted by atomic mass is 10.3. The molecule has 0 aliphatic carbocycles. The van der Waals surface area contributed by atoms with Crippen LogP contribution in [0.1, 0.15) is 5.69 Å². The second-order valence-corrected chi connectivity index (χ2v) is 5.81. The average Bonchev–Trinajstić information content (AvgIpc) is 2.38. The summed E-state index contributed by atoms with van der Waals surface area (Å²) in [5.74, 6) is 0.392. The Labute approximate surface area is 121 Å². The van der Waals surface area contributed by atoms with Crippen LogP contribution < -0.4 is 16.2 Å². The minimum atomic E-state index is -3.71. The number of hydrogen-bond acceptors (Lipinski definition) is 6. The van der Waals surface area contributed by atoms with E-state index in [0.717, 1.165) is 0 Å². The number of hydrogen-bond donors (Lipinski definition) is 3. The Bertz CT molecular complexity index is 744. The van der Waals surface area contributed by atoms with Crippen LogP contribution in [0.5, 0.6) is 0 Å². The summed E-state index contributed by atoms with van der Waals surface area (Å²) in [6.45, 7) is 0. The summed E-state index contributed by atoms with van der Waals surface area (Å²) in [6.07, 6.45) is 2.96. The van der Waals surface area contributed by atoms with Gasteiger partial charge >= 0.3 is 0 Å². The van der Waals surface area contributed by atoms with E-state index < -0.39 is 10.0 Å². The van der Waals surface area contributed by atoms with Gasteiger partial charge in [0, 0.05) is 18.1 Å². The molecule has 0 unspecified atom stereocenters. The third-order valence-electron chi connectivity index (χ3n) is 2.38. The van der Waals surface area contributed by atoms with E-state index in [9.17, 15) is 8.42 Å². The molecule has 0 saturated heterocycles. The van der Waals surface area contributed by atoms with E-state index >= 15 is 0 Å². The number of thiocarbonyl (C=S) groups is 1. The van der Waals surface area contributed by atoms with Gasteiger partial charge in [0.1, 0.15) is 10.7 Å². The summed E-state index contributed by atoms with van der Waals surface area (Å²) in [5.41, 5.74) is 6.51. The molecule has 1 aromatic heterocycles. The highest BCUT2D eigenvalue weighted by Crippen LogP contribution is 2.18. The lowest BCUT2D eigenvalue weighted by molar-refractivity contribution is 0.598. The van der Waals surface area contributed by atoms with Crippen LogP contribution in [-0.2, 0) is 10.0 Å². The second-order valence-electron chi connectivity index (χ2n) is 3.81. The first kappa shape index (κ1) is 14.3. The second kappa shape index (κ2) is 5.49. The molecule has 2 aromatic rings. The van der Waals surface area contributed by atoms with E-state index in [-0.39, 0.29) is 9.88 Å². The molecule has 0 aliphatic heterocycles. The Kier molecular flexibility index (Phi) is 3.93. The maximum absolute atomic E-state index is 11.1. The van der Waals surface area contributed by atoms with Crippen molar-refractivity contribution in [1.29, 1.82) is 0 Å². The van der Waals surface area contributed by atoms with Gasteiger partial charge in [-0.25, -0.2) is 23.5 Å². The van der Waals surface area contributed by atoms with Crippen LogP contribution in [-0.4, -0.2) is 23.4 Å². The summed E-state index contributed by atoms with van der Waals surface area (Å²) in [7, 11) is -3.71. The third-order valence-corrected chi connectivity index (χ3v) is 3.50. The van der Waals surface area contributed by atoms with Crippen molar-refractivity contribution in [1.82, 2.24) is 9.97 Å². The van der Waals surface area contributed by atoms with Crippen LogP contribution in [0.2, 0.25) is 0 Å². The zero-order valence-corrected chi connectivity index (χ0v) is 11.8. The van der Waals surface area contributed by atoms with Gasteiger partial charge in [-0.15, -0.1) is 0 Å². The molecule has 2 rings (SSSR count). The number of aromatic nitrogens is 2. The number of rotatable bonds is 4. The zero-order chi connectivity index (χ0) is 14.8. The topological polar surface area (TPSA) is 124 Å². The molecule has 104 valence electrons. The molecule has 0 atom stereocenters. The van der Waals surface area contributed by atoms with Crippen LogP contribution in [0, 0.1) is 0 Å². The van der Waals surface area contributed by atoms with Crippen molar-refractivity contribution < 1.29 is 8.42 Å². The van der Waals surface area contributed by atoms with Crippen LogP contribution in [0.3, 0.4) is 0 Å². The van der Waals surface area contributed by atoms with Crippen molar-refractivity contribution in [3.63, 3.8) is 0 Å². The van der Waals surface area contributed by atoms with E-state index in [4.69, 9.17) is 23.1 Å². The molecule has 0 aliphatic rings. The summed E-state index contributed by atoms with van der Waals surface area (Å²) in [6, 6.07) is 5.87. The van der Waals surface area contributed by atoms with Crippen LogP contribution >= 0.6 is 12.2 Å². The minimum absolute atomic E-state index is 0.0248. The van der Waals surface area contributed by atoms with E-state index in [0.29, 0.717) is 17.2 Å². The van der Waals surface area contributed by atoms with Crippen molar-refractivity contribution >= 4 is 38.7 Å². The summed E-state index contributed by atoms with van der Waals surface area (Å²) in [5, 5.41) is 7.97. The van der Waals surface area contributed by atoms with Crippen molar-refractivity contribution in [2.75, 3.05) is 5.32 Å².